The highest BCUT2D eigenvalue weighted by molar-refractivity contribution is 7.99. The minimum absolute atomic E-state index is 0.0215. The maximum atomic E-state index is 12.5. The first-order valence-electron chi connectivity index (χ1n) is 8.32. The normalized spacial score (nSPS) is 11.3. The second kappa shape index (κ2) is 8.48. The molecule has 2 aromatic heterocycles. The number of imidazole rings is 1. The van der Waals surface area contributed by atoms with Gasteiger partial charge in [-0.05, 0) is 36.4 Å². The van der Waals surface area contributed by atoms with E-state index < -0.39 is 11.7 Å². The van der Waals surface area contributed by atoms with E-state index in [1.807, 2.05) is 0 Å². The number of amides is 1. The number of halogens is 3. The van der Waals surface area contributed by atoms with Crippen molar-refractivity contribution in [1.82, 2.24) is 14.5 Å². The Morgan fingerprint density at radius 3 is 2.38 bits per heavy atom. The molecule has 0 radical (unpaired) electrons. The van der Waals surface area contributed by atoms with Crippen molar-refractivity contribution in [2.24, 2.45) is 7.05 Å². The minimum Gasteiger partial charge on any atom is -0.331 e. The Bertz CT molecular complexity index is 1020. The van der Waals surface area contributed by atoms with Crippen LogP contribution in [0.3, 0.4) is 0 Å². The van der Waals surface area contributed by atoms with Crippen LogP contribution in [0.5, 0.6) is 0 Å². The lowest BCUT2D eigenvalue weighted by Gasteiger charge is -2.08. The summed E-state index contributed by atoms with van der Waals surface area (Å²) in [5, 5.41) is 2.97. The van der Waals surface area contributed by atoms with Crippen LogP contribution in [-0.4, -0.2) is 32.0 Å². The standard InChI is InChI=1S/C19H15F3N4O2S/c1-26-9-8-23-18(26)17(28)12-2-5-14(6-3-12)25-15(27)11-29-16-7-4-13(10-24-16)19(20,21)22/h2-10H,11H2,1H3,(H,25,27). The molecule has 2 heterocycles. The Kier molecular flexibility index (Phi) is 6.02. The molecule has 3 aromatic rings. The first-order valence-corrected chi connectivity index (χ1v) is 9.30. The van der Waals surface area contributed by atoms with Crippen LogP contribution in [0.4, 0.5) is 18.9 Å². The number of hydrogen-bond donors (Lipinski definition) is 1. The molecule has 1 amide bonds. The summed E-state index contributed by atoms with van der Waals surface area (Å²) in [4.78, 5) is 32.1. The number of anilines is 1. The lowest BCUT2D eigenvalue weighted by atomic mass is 10.1. The second-order valence-corrected chi connectivity index (χ2v) is 6.98. The van der Waals surface area contributed by atoms with Gasteiger partial charge in [-0.25, -0.2) is 9.97 Å². The fourth-order valence-corrected chi connectivity index (χ4v) is 3.03. The van der Waals surface area contributed by atoms with Crippen molar-refractivity contribution in [3.05, 3.63) is 71.9 Å². The molecule has 0 saturated heterocycles. The molecule has 0 bridgehead atoms. The Morgan fingerprint density at radius 2 is 1.83 bits per heavy atom. The number of nitrogens with one attached hydrogen (secondary N) is 1. The molecular formula is C19H15F3N4O2S. The molecule has 3 rings (SSSR count). The van der Waals surface area contributed by atoms with E-state index in [0.717, 1.165) is 24.0 Å². The number of carbonyl (C=O) groups excluding carboxylic acids is 2. The number of ketones is 1. The number of aromatic nitrogens is 3. The van der Waals surface area contributed by atoms with Crippen LogP contribution in [0.15, 0.2) is 60.0 Å². The number of pyridine rings is 1. The Balaban J connectivity index is 1.54. The average molecular weight is 420 g/mol. The van der Waals surface area contributed by atoms with Crippen molar-refractivity contribution in [2.45, 2.75) is 11.2 Å². The number of carbonyl (C=O) groups is 2. The van der Waals surface area contributed by atoms with Crippen LogP contribution in [0.25, 0.3) is 0 Å². The first-order chi connectivity index (χ1) is 13.7. The molecule has 0 unspecified atom stereocenters. The highest BCUT2D eigenvalue weighted by Gasteiger charge is 2.30. The summed E-state index contributed by atoms with van der Waals surface area (Å²) in [6.07, 6.45) is -0.509. The van der Waals surface area contributed by atoms with Crippen LogP contribution in [-0.2, 0) is 18.0 Å². The van der Waals surface area contributed by atoms with Crippen LogP contribution in [0, 0.1) is 0 Å². The van der Waals surface area contributed by atoms with Crippen molar-refractivity contribution < 1.29 is 22.8 Å². The van der Waals surface area contributed by atoms with Gasteiger partial charge in [-0.15, -0.1) is 0 Å². The summed E-state index contributed by atoms with van der Waals surface area (Å²) in [6, 6.07) is 8.49. The number of hydrogen-bond acceptors (Lipinski definition) is 5. The highest BCUT2D eigenvalue weighted by atomic mass is 32.2. The van der Waals surface area contributed by atoms with Gasteiger partial charge in [0.25, 0.3) is 0 Å². The molecular weight excluding hydrogens is 405 g/mol. The van der Waals surface area contributed by atoms with Crippen molar-refractivity contribution in [2.75, 3.05) is 11.1 Å². The third kappa shape index (κ3) is 5.23. The second-order valence-electron chi connectivity index (χ2n) is 5.99. The van der Waals surface area contributed by atoms with Gasteiger partial charge in [-0.3, -0.25) is 9.59 Å². The molecule has 0 aliphatic rings. The molecule has 6 nitrogen and oxygen atoms in total. The predicted octanol–water partition coefficient (Wildman–Crippen LogP) is 3.80. The number of benzene rings is 1. The topological polar surface area (TPSA) is 76.9 Å². The first kappa shape index (κ1) is 20.6. The van der Waals surface area contributed by atoms with Gasteiger partial charge in [0.1, 0.15) is 0 Å². The smallest absolute Gasteiger partial charge is 0.331 e. The van der Waals surface area contributed by atoms with E-state index in [1.165, 1.54) is 12.3 Å². The summed E-state index contributed by atoms with van der Waals surface area (Å²) in [6.45, 7) is 0. The van der Waals surface area contributed by atoms with E-state index in [-0.39, 0.29) is 17.4 Å². The Labute approximate surface area is 168 Å². The lowest BCUT2D eigenvalue weighted by molar-refractivity contribution is -0.137. The molecule has 1 aromatic carbocycles. The maximum absolute atomic E-state index is 12.5. The predicted molar refractivity (Wildman–Crippen MR) is 102 cm³/mol. The minimum atomic E-state index is -4.45. The summed E-state index contributed by atoms with van der Waals surface area (Å²) in [7, 11) is 1.72. The molecule has 0 fully saturated rings. The maximum Gasteiger partial charge on any atom is 0.417 e. The van der Waals surface area contributed by atoms with Crippen molar-refractivity contribution in [3.63, 3.8) is 0 Å². The fourth-order valence-electron chi connectivity index (χ4n) is 2.39. The van der Waals surface area contributed by atoms with E-state index in [1.54, 1.807) is 42.1 Å². The van der Waals surface area contributed by atoms with Crippen molar-refractivity contribution in [3.8, 4) is 0 Å². The van der Waals surface area contributed by atoms with Crippen molar-refractivity contribution in [1.29, 1.82) is 0 Å². The van der Waals surface area contributed by atoms with E-state index in [0.29, 0.717) is 22.1 Å². The molecule has 10 heteroatoms. The summed E-state index contributed by atoms with van der Waals surface area (Å²) in [5.74, 6) is -0.298. The van der Waals surface area contributed by atoms with Gasteiger partial charge in [0.15, 0.2) is 5.82 Å². The summed E-state index contributed by atoms with van der Waals surface area (Å²) >= 11 is 1.02. The van der Waals surface area contributed by atoms with Crippen LogP contribution >= 0.6 is 11.8 Å². The van der Waals surface area contributed by atoms with Gasteiger partial charge >= 0.3 is 6.18 Å². The molecule has 150 valence electrons. The molecule has 1 N–H and O–H groups in total. The summed E-state index contributed by atoms with van der Waals surface area (Å²) in [5.41, 5.74) is 0.0828. The van der Waals surface area contributed by atoms with Crippen LogP contribution in [0.2, 0.25) is 0 Å². The number of aryl methyl sites for hydroxylation is 1. The Morgan fingerprint density at radius 1 is 1.10 bits per heavy atom. The van der Waals surface area contributed by atoms with Crippen LogP contribution < -0.4 is 5.32 Å². The van der Waals surface area contributed by atoms with E-state index >= 15 is 0 Å². The summed E-state index contributed by atoms with van der Waals surface area (Å²) < 4.78 is 39.2. The van der Waals surface area contributed by atoms with Gasteiger partial charge in [-0.1, -0.05) is 11.8 Å². The molecule has 0 atom stereocenters. The Hall–Kier alpha value is -3.14. The lowest BCUT2D eigenvalue weighted by Crippen LogP contribution is -2.14. The molecule has 29 heavy (non-hydrogen) atoms. The average Bonchev–Trinajstić information content (AvgIpc) is 3.12. The van der Waals surface area contributed by atoms with Gasteiger partial charge < -0.3 is 9.88 Å². The van der Waals surface area contributed by atoms with Crippen molar-refractivity contribution >= 4 is 29.1 Å². The molecule has 0 aliphatic heterocycles. The zero-order chi connectivity index (χ0) is 21.0. The molecule has 0 aliphatic carbocycles. The number of thioether (sulfide) groups is 1. The van der Waals surface area contributed by atoms with Gasteiger partial charge in [-0.2, -0.15) is 13.2 Å². The number of nitrogens with zero attached hydrogens (tertiary/aromatic N) is 3. The third-order valence-electron chi connectivity index (χ3n) is 3.87. The van der Waals surface area contributed by atoms with E-state index in [9.17, 15) is 22.8 Å². The van der Waals surface area contributed by atoms with E-state index in [4.69, 9.17) is 0 Å². The number of rotatable bonds is 6. The van der Waals surface area contributed by atoms with Gasteiger partial charge in [0.05, 0.1) is 16.3 Å². The molecule has 0 spiro atoms. The monoisotopic (exact) mass is 420 g/mol. The van der Waals surface area contributed by atoms with E-state index in [2.05, 4.69) is 15.3 Å². The fraction of sp³-hybridized carbons (Fsp3) is 0.158. The largest absolute Gasteiger partial charge is 0.417 e. The van der Waals surface area contributed by atoms with Gasteiger partial charge in [0.2, 0.25) is 11.7 Å². The zero-order valence-corrected chi connectivity index (χ0v) is 15.9. The van der Waals surface area contributed by atoms with Gasteiger partial charge in [0, 0.05) is 36.9 Å². The number of alkyl halides is 3. The van der Waals surface area contributed by atoms with Crippen LogP contribution in [0.1, 0.15) is 21.7 Å². The highest BCUT2D eigenvalue weighted by Crippen LogP contribution is 2.29. The quantitative estimate of drug-likeness (QED) is 0.485. The SMILES string of the molecule is Cn1ccnc1C(=O)c1ccc(NC(=O)CSc2ccc(C(F)(F)F)cn2)cc1. The molecule has 0 saturated carbocycles. The zero-order valence-electron chi connectivity index (χ0n) is 15.1. The third-order valence-corrected chi connectivity index (χ3v) is 4.81.